The summed E-state index contributed by atoms with van der Waals surface area (Å²) in [5.74, 6) is 0. The van der Waals surface area contributed by atoms with Crippen molar-refractivity contribution in [2.24, 2.45) is 0 Å². The summed E-state index contributed by atoms with van der Waals surface area (Å²) >= 11 is 4.49. The zero-order valence-electron chi connectivity index (χ0n) is 10.1. The Kier molecular flexibility index (Phi) is 3.49. The lowest BCUT2D eigenvalue weighted by molar-refractivity contribution is 0.602. The van der Waals surface area contributed by atoms with E-state index in [0.29, 0.717) is 10.5 Å². The highest BCUT2D eigenvalue weighted by Crippen LogP contribution is 2.28. The SMILES string of the molecule is O=S(=O)(Nc1ncc(Br)s1)c1cccc2ccccc12. The molecule has 102 valence electrons. The molecule has 1 aromatic heterocycles. The Hall–Kier alpha value is -1.44. The molecule has 0 saturated carbocycles. The van der Waals surface area contributed by atoms with Gasteiger partial charge in [0.25, 0.3) is 10.0 Å². The maximum atomic E-state index is 12.5. The third-order valence-electron chi connectivity index (χ3n) is 2.74. The van der Waals surface area contributed by atoms with Crippen LogP contribution in [-0.2, 0) is 10.0 Å². The van der Waals surface area contributed by atoms with Crippen molar-refractivity contribution in [3.8, 4) is 0 Å². The first-order valence-corrected chi connectivity index (χ1v) is 8.77. The molecule has 7 heteroatoms. The maximum Gasteiger partial charge on any atom is 0.264 e. The van der Waals surface area contributed by atoms with Gasteiger partial charge in [0.15, 0.2) is 5.13 Å². The van der Waals surface area contributed by atoms with Crippen molar-refractivity contribution < 1.29 is 8.42 Å². The Morgan fingerprint density at radius 1 is 1.10 bits per heavy atom. The van der Waals surface area contributed by atoms with Gasteiger partial charge in [0.2, 0.25) is 0 Å². The topological polar surface area (TPSA) is 59.1 Å². The number of sulfonamides is 1. The van der Waals surface area contributed by atoms with Crippen LogP contribution in [0.15, 0.2) is 57.3 Å². The number of anilines is 1. The molecule has 0 bridgehead atoms. The second-order valence-corrected chi connectivity index (χ2v) is 8.11. The number of nitrogens with zero attached hydrogens (tertiary/aromatic N) is 1. The van der Waals surface area contributed by atoms with Gasteiger partial charge in [0.05, 0.1) is 14.9 Å². The van der Waals surface area contributed by atoms with E-state index in [1.54, 1.807) is 24.4 Å². The molecule has 3 rings (SSSR count). The standard InChI is InChI=1S/C13H9BrN2O2S2/c14-12-8-15-13(19-12)16-20(17,18)11-7-3-5-9-4-1-2-6-10(9)11/h1-8H,(H,15,16). The van der Waals surface area contributed by atoms with Crippen molar-refractivity contribution in [1.29, 1.82) is 0 Å². The third kappa shape index (κ3) is 2.56. The van der Waals surface area contributed by atoms with Crippen LogP contribution in [-0.4, -0.2) is 13.4 Å². The predicted octanol–water partition coefficient (Wildman–Crippen LogP) is 3.86. The summed E-state index contributed by atoms with van der Waals surface area (Å²) in [5.41, 5.74) is 0. The van der Waals surface area contributed by atoms with E-state index in [1.807, 2.05) is 24.3 Å². The Morgan fingerprint density at radius 2 is 1.85 bits per heavy atom. The van der Waals surface area contributed by atoms with Crippen molar-refractivity contribution in [1.82, 2.24) is 4.98 Å². The lowest BCUT2D eigenvalue weighted by atomic mass is 10.1. The Morgan fingerprint density at radius 3 is 2.60 bits per heavy atom. The lowest BCUT2D eigenvalue weighted by Crippen LogP contribution is -2.13. The quantitative estimate of drug-likeness (QED) is 0.763. The monoisotopic (exact) mass is 368 g/mol. The van der Waals surface area contributed by atoms with Gasteiger partial charge in [-0.2, -0.15) is 0 Å². The number of fused-ring (bicyclic) bond motifs is 1. The summed E-state index contributed by atoms with van der Waals surface area (Å²) in [6.45, 7) is 0. The molecule has 20 heavy (non-hydrogen) atoms. The van der Waals surface area contributed by atoms with Gasteiger partial charge in [0.1, 0.15) is 0 Å². The molecule has 3 aromatic rings. The van der Waals surface area contributed by atoms with Crippen LogP contribution < -0.4 is 4.72 Å². The molecule has 0 aliphatic rings. The first-order chi connectivity index (χ1) is 9.56. The average molecular weight is 369 g/mol. The van der Waals surface area contributed by atoms with E-state index >= 15 is 0 Å². The second-order valence-electron chi connectivity index (χ2n) is 4.05. The summed E-state index contributed by atoms with van der Waals surface area (Å²) in [7, 11) is -3.65. The average Bonchev–Trinajstić information content (AvgIpc) is 2.82. The van der Waals surface area contributed by atoms with E-state index in [4.69, 9.17) is 0 Å². The van der Waals surface area contributed by atoms with Crippen LogP contribution in [0, 0.1) is 0 Å². The van der Waals surface area contributed by atoms with Crippen molar-refractivity contribution in [2.75, 3.05) is 4.72 Å². The van der Waals surface area contributed by atoms with Gasteiger partial charge >= 0.3 is 0 Å². The zero-order valence-corrected chi connectivity index (χ0v) is 13.3. The highest BCUT2D eigenvalue weighted by atomic mass is 79.9. The molecule has 0 aliphatic heterocycles. The summed E-state index contributed by atoms with van der Waals surface area (Å²) in [6.07, 6.45) is 1.56. The van der Waals surface area contributed by atoms with Gasteiger partial charge in [-0.05, 0) is 27.4 Å². The van der Waals surface area contributed by atoms with E-state index in [9.17, 15) is 8.42 Å². The molecule has 1 heterocycles. The minimum absolute atomic E-state index is 0.252. The maximum absolute atomic E-state index is 12.5. The number of hydrogen-bond acceptors (Lipinski definition) is 4. The molecule has 0 saturated heterocycles. The number of rotatable bonds is 3. The number of benzene rings is 2. The van der Waals surface area contributed by atoms with E-state index in [-0.39, 0.29) is 4.90 Å². The van der Waals surface area contributed by atoms with Gasteiger partial charge in [-0.1, -0.05) is 47.7 Å². The Bertz CT molecular complexity index is 869. The minimum Gasteiger partial charge on any atom is -0.255 e. The molecule has 4 nitrogen and oxygen atoms in total. The molecule has 0 spiro atoms. The molecule has 0 fully saturated rings. The molecule has 0 aliphatic carbocycles. The van der Waals surface area contributed by atoms with E-state index in [2.05, 4.69) is 25.6 Å². The van der Waals surface area contributed by atoms with Gasteiger partial charge in [0, 0.05) is 5.39 Å². The van der Waals surface area contributed by atoms with Crippen LogP contribution in [0.5, 0.6) is 0 Å². The van der Waals surface area contributed by atoms with E-state index in [1.165, 1.54) is 11.3 Å². The molecule has 0 radical (unpaired) electrons. The summed E-state index contributed by atoms with van der Waals surface area (Å²) in [5, 5.41) is 1.92. The normalized spacial score (nSPS) is 11.7. The summed E-state index contributed by atoms with van der Waals surface area (Å²) < 4.78 is 28.2. The third-order valence-corrected chi connectivity index (χ3v) is 5.66. The predicted molar refractivity (Wildman–Crippen MR) is 84.6 cm³/mol. The van der Waals surface area contributed by atoms with Gasteiger partial charge in [-0.25, -0.2) is 13.4 Å². The van der Waals surface area contributed by atoms with Crippen LogP contribution in [0.4, 0.5) is 5.13 Å². The van der Waals surface area contributed by atoms with Crippen LogP contribution in [0.1, 0.15) is 0 Å². The lowest BCUT2D eigenvalue weighted by Gasteiger charge is -2.08. The summed E-state index contributed by atoms with van der Waals surface area (Å²) in [4.78, 5) is 4.24. The second kappa shape index (κ2) is 5.16. The molecular formula is C13H9BrN2O2S2. The number of nitrogens with one attached hydrogen (secondary N) is 1. The van der Waals surface area contributed by atoms with Crippen molar-refractivity contribution >= 4 is 53.2 Å². The Balaban J connectivity index is 2.09. The summed E-state index contributed by atoms with van der Waals surface area (Å²) in [6, 6.07) is 12.6. The van der Waals surface area contributed by atoms with E-state index < -0.39 is 10.0 Å². The Labute approximate surface area is 128 Å². The fraction of sp³-hybridized carbons (Fsp3) is 0. The smallest absolute Gasteiger partial charge is 0.255 e. The molecular weight excluding hydrogens is 360 g/mol. The van der Waals surface area contributed by atoms with Gasteiger partial charge in [-0.3, -0.25) is 4.72 Å². The van der Waals surface area contributed by atoms with Crippen LogP contribution in [0.3, 0.4) is 0 Å². The van der Waals surface area contributed by atoms with Gasteiger partial charge in [-0.15, -0.1) is 0 Å². The fourth-order valence-corrected chi connectivity index (χ4v) is 4.48. The molecule has 1 N–H and O–H groups in total. The van der Waals surface area contributed by atoms with Gasteiger partial charge < -0.3 is 0 Å². The largest absolute Gasteiger partial charge is 0.264 e. The number of halogens is 1. The molecule has 0 unspecified atom stereocenters. The van der Waals surface area contributed by atoms with Crippen LogP contribution >= 0.6 is 27.3 Å². The highest BCUT2D eigenvalue weighted by molar-refractivity contribution is 9.11. The van der Waals surface area contributed by atoms with Crippen LogP contribution in [0.25, 0.3) is 10.8 Å². The number of thiazole rings is 1. The first-order valence-electron chi connectivity index (χ1n) is 5.68. The molecule has 2 aromatic carbocycles. The van der Waals surface area contributed by atoms with Crippen LogP contribution in [0.2, 0.25) is 0 Å². The van der Waals surface area contributed by atoms with E-state index in [0.717, 1.165) is 9.17 Å². The minimum atomic E-state index is -3.65. The molecule has 0 amide bonds. The fourth-order valence-electron chi connectivity index (χ4n) is 1.90. The number of hydrogen-bond donors (Lipinski definition) is 1. The molecule has 0 atom stereocenters. The zero-order chi connectivity index (χ0) is 14.2. The first kappa shape index (κ1) is 13.5. The van der Waals surface area contributed by atoms with Crippen molar-refractivity contribution in [3.63, 3.8) is 0 Å². The van der Waals surface area contributed by atoms with Crippen molar-refractivity contribution in [3.05, 3.63) is 52.4 Å². The highest BCUT2D eigenvalue weighted by Gasteiger charge is 2.18. The van der Waals surface area contributed by atoms with Crippen molar-refractivity contribution in [2.45, 2.75) is 4.90 Å². The number of aromatic nitrogens is 1.